The van der Waals surface area contributed by atoms with Gasteiger partial charge >= 0.3 is 0 Å². The molecule has 8 heteroatoms. The van der Waals surface area contributed by atoms with Gasteiger partial charge in [0.15, 0.2) is 11.0 Å². The van der Waals surface area contributed by atoms with E-state index in [1.54, 1.807) is 35.5 Å². The van der Waals surface area contributed by atoms with Gasteiger partial charge in [-0.3, -0.25) is 9.55 Å². The van der Waals surface area contributed by atoms with Gasteiger partial charge in [-0.05, 0) is 42.5 Å². The Morgan fingerprint density at radius 1 is 1.13 bits per heavy atom. The van der Waals surface area contributed by atoms with Crippen LogP contribution in [-0.2, 0) is 17.0 Å². The third-order valence-corrected chi connectivity index (χ3v) is 6.94. The Kier molecular flexibility index (Phi) is 6.29. The minimum Gasteiger partial charge on any atom is -0.455 e. The second kappa shape index (κ2) is 9.64. The number of hydrogen-bond acceptors (Lipinski definition) is 7. The first-order valence-corrected chi connectivity index (χ1v) is 12.1. The maximum Gasteiger partial charge on any atom is 0.191 e. The number of rotatable bonds is 8. The number of benzene rings is 1. The minimum absolute atomic E-state index is 0.218. The first kappa shape index (κ1) is 20.2. The van der Waals surface area contributed by atoms with Gasteiger partial charge in [0.25, 0.3) is 0 Å². The van der Waals surface area contributed by atoms with Crippen LogP contribution in [0.25, 0.3) is 10.7 Å². The van der Waals surface area contributed by atoms with Crippen LogP contribution in [0.15, 0.2) is 71.5 Å². The SMILES string of the molecule is c1cncc(Oc2ccccc2CSc2nnc(-c3cccs3)n2CC2CCCO2)c1. The Morgan fingerprint density at radius 3 is 2.90 bits per heavy atom. The predicted molar refractivity (Wildman–Crippen MR) is 123 cm³/mol. The molecule has 1 unspecified atom stereocenters. The quantitative estimate of drug-likeness (QED) is 0.323. The highest BCUT2D eigenvalue weighted by atomic mass is 32.2. The maximum atomic E-state index is 6.06. The summed E-state index contributed by atoms with van der Waals surface area (Å²) in [5.74, 6) is 3.19. The molecule has 0 aliphatic carbocycles. The fraction of sp³-hybridized carbons (Fsp3) is 0.261. The normalized spacial score (nSPS) is 15.9. The van der Waals surface area contributed by atoms with E-state index < -0.39 is 0 Å². The highest BCUT2D eigenvalue weighted by molar-refractivity contribution is 7.98. The summed E-state index contributed by atoms with van der Waals surface area (Å²) in [6.07, 6.45) is 5.86. The van der Waals surface area contributed by atoms with Crippen molar-refractivity contribution in [1.29, 1.82) is 0 Å². The molecule has 6 nitrogen and oxygen atoms in total. The smallest absolute Gasteiger partial charge is 0.191 e. The highest BCUT2D eigenvalue weighted by Crippen LogP contribution is 2.33. The Hall–Kier alpha value is -2.68. The van der Waals surface area contributed by atoms with E-state index in [2.05, 4.69) is 37.3 Å². The molecule has 0 bridgehead atoms. The lowest BCUT2D eigenvalue weighted by Crippen LogP contribution is -2.16. The summed E-state index contributed by atoms with van der Waals surface area (Å²) in [7, 11) is 0. The average molecular weight is 451 g/mol. The largest absolute Gasteiger partial charge is 0.455 e. The van der Waals surface area contributed by atoms with Crippen molar-refractivity contribution in [2.45, 2.75) is 36.4 Å². The van der Waals surface area contributed by atoms with Crippen LogP contribution in [-0.4, -0.2) is 32.5 Å². The van der Waals surface area contributed by atoms with Crippen molar-refractivity contribution < 1.29 is 9.47 Å². The van der Waals surface area contributed by atoms with Gasteiger partial charge in [-0.2, -0.15) is 0 Å². The molecule has 4 heterocycles. The third-order valence-electron chi connectivity index (χ3n) is 5.06. The molecular weight excluding hydrogens is 428 g/mol. The van der Waals surface area contributed by atoms with Crippen LogP contribution < -0.4 is 4.74 Å². The highest BCUT2D eigenvalue weighted by Gasteiger charge is 2.22. The standard InChI is InChI=1S/C23H22N4O2S2/c1-2-9-20(29-18-7-3-11-24-14-18)17(6-1)16-31-23-26-25-22(21-10-5-13-30-21)27(23)15-19-8-4-12-28-19/h1-3,5-7,9-11,13-14,19H,4,8,12,15-16H2. The van der Waals surface area contributed by atoms with E-state index in [9.17, 15) is 0 Å². The number of thioether (sulfide) groups is 1. The average Bonchev–Trinajstić information content (AvgIpc) is 3.57. The Labute approximate surface area is 189 Å². The van der Waals surface area contributed by atoms with Crippen molar-refractivity contribution in [3.63, 3.8) is 0 Å². The van der Waals surface area contributed by atoms with Crippen LogP contribution in [0.4, 0.5) is 0 Å². The van der Waals surface area contributed by atoms with E-state index in [0.717, 1.165) is 64.7 Å². The molecule has 0 spiro atoms. The first-order valence-electron chi connectivity index (χ1n) is 10.2. The molecule has 3 aromatic heterocycles. The van der Waals surface area contributed by atoms with Crippen LogP contribution >= 0.6 is 23.1 Å². The predicted octanol–water partition coefficient (Wildman–Crippen LogP) is 5.67. The van der Waals surface area contributed by atoms with Crippen molar-refractivity contribution >= 4 is 23.1 Å². The molecule has 1 aliphatic heterocycles. The molecule has 4 aromatic rings. The fourth-order valence-corrected chi connectivity index (χ4v) is 5.20. The summed E-state index contributed by atoms with van der Waals surface area (Å²) in [6, 6.07) is 16.0. The van der Waals surface area contributed by atoms with E-state index >= 15 is 0 Å². The van der Waals surface area contributed by atoms with Crippen molar-refractivity contribution in [3.05, 3.63) is 71.9 Å². The summed E-state index contributed by atoms with van der Waals surface area (Å²) < 4.78 is 14.2. The number of thiophene rings is 1. The number of para-hydroxylation sites is 1. The third kappa shape index (κ3) is 4.81. The zero-order chi connectivity index (χ0) is 20.9. The molecule has 1 fully saturated rings. The topological polar surface area (TPSA) is 62.1 Å². The zero-order valence-electron chi connectivity index (χ0n) is 16.9. The van der Waals surface area contributed by atoms with Crippen LogP contribution in [0.3, 0.4) is 0 Å². The number of ether oxygens (including phenoxy) is 2. The molecule has 0 saturated carbocycles. The van der Waals surface area contributed by atoms with Gasteiger partial charge in [-0.1, -0.05) is 36.0 Å². The first-order chi connectivity index (χ1) is 15.4. The lowest BCUT2D eigenvalue weighted by molar-refractivity contribution is 0.0953. The van der Waals surface area contributed by atoms with Crippen LogP contribution in [0.1, 0.15) is 18.4 Å². The summed E-state index contributed by atoms with van der Waals surface area (Å²) in [4.78, 5) is 5.25. The summed E-state index contributed by atoms with van der Waals surface area (Å²) >= 11 is 3.35. The van der Waals surface area contributed by atoms with E-state index in [1.165, 1.54) is 0 Å². The lowest BCUT2D eigenvalue weighted by atomic mass is 10.2. The maximum absolute atomic E-state index is 6.06. The van der Waals surface area contributed by atoms with Crippen LogP contribution in [0.2, 0.25) is 0 Å². The van der Waals surface area contributed by atoms with Gasteiger partial charge in [0.05, 0.1) is 23.7 Å². The van der Waals surface area contributed by atoms with E-state index in [1.807, 2.05) is 36.4 Å². The fourth-order valence-electron chi connectivity index (χ4n) is 3.54. The molecule has 0 radical (unpaired) electrons. The Bertz CT molecular complexity index is 1110. The molecule has 1 saturated heterocycles. The monoisotopic (exact) mass is 450 g/mol. The van der Waals surface area contributed by atoms with Crippen LogP contribution in [0.5, 0.6) is 11.5 Å². The Morgan fingerprint density at radius 2 is 2.10 bits per heavy atom. The zero-order valence-corrected chi connectivity index (χ0v) is 18.5. The van der Waals surface area contributed by atoms with Gasteiger partial charge in [0, 0.05) is 24.1 Å². The number of aromatic nitrogens is 4. The second-order valence-corrected chi connectivity index (χ2v) is 9.11. The molecule has 1 aromatic carbocycles. The lowest BCUT2D eigenvalue weighted by Gasteiger charge is -2.15. The molecular formula is C23H22N4O2S2. The van der Waals surface area contributed by atoms with Crippen molar-refractivity contribution in [1.82, 2.24) is 19.7 Å². The van der Waals surface area contributed by atoms with Crippen molar-refractivity contribution in [2.75, 3.05) is 6.61 Å². The molecule has 31 heavy (non-hydrogen) atoms. The Balaban J connectivity index is 1.37. The van der Waals surface area contributed by atoms with Crippen LogP contribution in [0, 0.1) is 0 Å². The minimum atomic E-state index is 0.218. The van der Waals surface area contributed by atoms with Crippen molar-refractivity contribution in [3.8, 4) is 22.2 Å². The summed E-state index contributed by atoms with van der Waals surface area (Å²) in [5.41, 5.74) is 1.10. The molecule has 1 aliphatic rings. The van der Waals surface area contributed by atoms with E-state index in [0.29, 0.717) is 0 Å². The van der Waals surface area contributed by atoms with Gasteiger partial charge < -0.3 is 9.47 Å². The molecule has 158 valence electrons. The molecule has 5 rings (SSSR count). The number of pyridine rings is 1. The second-order valence-electron chi connectivity index (χ2n) is 7.22. The summed E-state index contributed by atoms with van der Waals surface area (Å²) in [6.45, 7) is 1.61. The van der Waals surface area contributed by atoms with Gasteiger partial charge in [0.2, 0.25) is 0 Å². The van der Waals surface area contributed by atoms with Gasteiger partial charge in [-0.15, -0.1) is 21.5 Å². The number of nitrogens with zero attached hydrogens (tertiary/aromatic N) is 4. The van der Waals surface area contributed by atoms with E-state index in [-0.39, 0.29) is 6.10 Å². The van der Waals surface area contributed by atoms with Gasteiger partial charge in [-0.25, -0.2) is 0 Å². The molecule has 1 atom stereocenters. The molecule has 0 N–H and O–H groups in total. The van der Waals surface area contributed by atoms with Gasteiger partial charge in [0.1, 0.15) is 11.5 Å². The molecule has 0 amide bonds. The van der Waals surface area contributed by atoms with Crippen molar-refractivity contribution in [2.24, 2.45) is 0 Å². The number of hydrogen-bond donors (Lipinski definition) is 0. The summed E-state index contributed by atoms with van der Waals surface area (Å²) in [5, 5.41) is 12.0. The van der Waals surface area contributed by atoms with E-state index in [4.69, 9.17) is 9.47 Å².